The Hall–Kier alpha value is -5.67. The summed E-state index contributed by atoms with van der Waals surface area (Å²) in [6, 6.07) is 11.7. The molecule has 0 spiro atoms. The molecule has 0 radical (unpaired) electrons. The number of carbonyl (C=O) groups is 7. The normalized spacial score (nSPS) is 13.0. The molecule has 25 heteroatoms. The number of carboxylic acids is 3. The third-order valence-corrected chi connectivity index (χ3v) is 13.6. The highest BCUT2D eigenvalue weighted by molar-refractivity contribution is 8.00. The standard InChI is InChI=1S/C52H75F2N7O14S2/c1-52(2,3)48(42-28-36(38-29-37(53)10-11-39(38)54)32-60(42)31-35-8-5-4-6-9-35)61(18-7-15-55)47(65)34-76-33-41(50(68)69)59-45(63)13-19-72-21-23-74-25-26-75-24-22-73-20-17-58-44(62)12-16-57-46(64)30-43(51(70)71)77-27-14-40(56)49(66)67/h4-6,8-11,28-29,32,40-41,43,48H,7,12-27,30-31,33-34,55-56H2,1-3H3,(H,57,64)(H,58,62)(H,59,63)(H,66,67)(H,68,69)(H,70,71)/t40-,41-,43?,48-/m0/s1. The summed E-state index contributed by atoms with van der Waals surface area (Å²) in [5, 5.41) is 34.7. The number of nitrogens with zero attached hydrogens (tertiary/aromatic N) is 2. The summed E-state index contributed by atoms with van der Waals surface area (Å²) < 4.78 is 53.4. The minimum Gasteiger partial charge on any atom is -0.480 e. The van der Waals surface area contributed by atoms with Gasteiger partial charge < -0.3 is 71.2 Å². The highest BCUT2D eigenvalue weighted by Gasteiger charge is 2.37. The predicted molar refractivity (Wildman–Crippen MR) is 287 cm³/mol. The average molecular weight is 1120 g/mol. The summed E-state index contributed by atoms with van der Waals surface area (Å²) in [7, 11) is 0. The number of hydrogen-bond donors (Lipinski definition) is 8. The molecular formula is C52H75F2N7O14S2. The Morgan fingerprint density at radius 3 is 2.01 bits per heavy atom. The number of carboxylic acid groups (broad SMARTS) is 3. The highest BCUT2D eigenvalue weighted by Crippen LogP contribution is 2.41. The molecular weight excluding hydrogens is 1050 g/mol. The number of nitrogens with two attached hydrogens (primary N) is 2. The van der Waals surface area contributed by atoms with E-state index in [-0.39, 0.29) is 133 Å². The van der Waals surface area contributed by atoms with Crippen LogP contribution in [0.25, 0.3) is 11.1 Å². The van der Waals surface area contributed by atoms with Gasteiger partial charge in [-0.25, -0.2) is 13.6 Å². The van der Waals surface area contributed by atoms with Crippen molar-refractivity contribution >= 4 is 65.1 Å². The van der Waals surface area contributed by atoms with Gasteiger partial charge in [0.2, 0.25) is 23.6 Å². The van der Waals surface area contributed by atoms with Crippen molar-refractivity contribution in [2.45, 2.75) is 82.8 Å². The maximum Gasteiger partial charge on any atom is 0.327 e. The van der Waals surface area contributed by atoms with Crippen molar-refractivity contribution in [3.8, 4) is 11.1 Å². The molecule has 1 heterocycles. The van der Waals surface area contributed by atoms with Crippen molar-refractivity contribution in [2.24, 2.45) is 16.9 Å². The first-order valence-corrected chi connectivity index (χ1v) is 27.4. The van der Waals surface area contributed by atoms with E-state index in [1.807, 2.05) is 55.7 Å². The van der Waals surface area contributed by atoms with Gasteiger partial charge in [0.1, 0.15) is 29.0 Å². The Morgan fingerprint density at radius 2 is 1.40 bits per heavy atom. The summed E-state index contributed by atoms with van der Waals surface area (Å²) in [4.78, 5) is 87.4. The Kier molecular flexibility index (Phi) is 30.4. The second-order valence-corrected chi connectivity index (χ2v) is 21.0. The van der Waals surface area contributed by atoms with Crippen molar-refractivity contribution in [1.29, 1.82) is 0 Å². The number of aliphatic carboxylic acids is 3. The van der Waals surface area contributed by atoms with E-state index in [9.17, 15) is 48.2 Å². The maximum atomic E-state index is 15.2. The molecule has 0 aliphatic carbocycles. The summed E-state index contributed by atoms with van der Waals surface area (Å²) in [5.74, 6) is -6.67. The summed E-state index contributed by atoms with van der Waals surface area (Å²) in [6.45, 7) is 8.77. The molecule has 10 N–H and O–H groups in total. The Balaban J connectivity index is 1.32. The summed E-state index contributed by atoms with van der Waals surface area (Å²) in [5.41, 5.74) is 13.0. The molecule has 1 aromatic heterocycles. The van der Waals surface area contributed by atoms with E-state index in [1.54, 1.807) is 17.2 Å². The monoisotopic (exact) mass is 1120 g/mol. The molecule has 1 unspecified atom stereocenters. The van der Waals surface area contributed by atoms with Gasteiger partial charge in [-0.2, -0.15) is 0 Å². The van der Waals surface area contributed by atoms with Crippen molar-refractivity contribution in [3.63, 3.8) is 0 Å². The second kappa shape index (κ2) is 35.7. The van der Waals surface area contributed by atoms with Crippen LogP contribution < -0.4 is 27.4 Å². The van der Waals surface area contributed by atoms with Crippen molar-refractivity contribution in [3.05, 3.63) is 83.7 Å². The number of amides is 4. The SMILES string of the molecule is CC(C)(C)[C@H](c1cc(-c2cc(F)ccc2F)cn1Cc1ccccc1)N(CCCN)C(=O)CSC[C@H](NC(=O)CCOCCOCCOCCOCCNC(=O)CCNC(=O)CC(SCC[C@H](N)C(=O)O)C(=O)O)C(=O)O. The Labute approximate surface area is 456 Å². The van der Waals surface area contributed by atoms with Crippen LogP contribution in [0.2, 0.25) is 0 Å². The third-order valence-electron chi connectivity index (χ3n) is 11.4. The van der Waals surface area contributed by atoms with Crippen LogP contribution in [0.3, 0.4) is 0 Å². The molecule has 4 amide bonds. The van der Waals surface area contributed by atoms with Gasteiger partial charge in [0, 0.05) is 74.2 Å². The number of rotatable bonds is 40. The second-order valence-electron chi connectivity index (χ2n) is 18.6. The number of halogens is 2. The third kappa shape index (κ3) is 25.6. The van der Waals surface area contributed by atoms with E-state index in [4.69, 9.17) is 35.5 Å². The fraction of sp³-hybridized carbons (Fsp3) is 0.558. The number of thioether (sulfide) groups is 2. The summed E-state index contributed by atoms with van der Waals surface area (Å²) >= 11 is 1.99. The molecule has 0 aliphatic heterocycles. The van der Waals surface area contributed by atoms with Crippen molar-refractivity contribution in [1.82, 2.24) is 25.4 Å². The molecule has 0 saturated carbocycles. The quantitative estimate of drug-likeness (QED) is 0.0378. The molecule has 428 valence electrons. The van der Waals surface area contributed by atoms with Gasteiger partial charge in [-0.05, 0) is 60.4 Å². The van der Waals surface area contributed by atoms with E-state index < -0.39 is 70.1 Å². The largest absolute Gasteiger partial charge is 0.480 e. The lowest BCUT2D eigenvalue weighted by molar-refractivity contribution is -0.141. The fourth-order valence-corrected chi connectivity index (χ4v) is 9.58. The van der Waals surface area contributed by atoms with Gasteiger partial charge in [-0.1, -0.05) is 51.1 Å². The molecule has 0 fully saturated rings. The molecule has 3 aromatic rings. The maximum absolute atomic E-state index is 15.2. The molecule has 2 aromatic carbocycles. The van der Waals surface area contributed by atoms with Crippen molar-refractivity contribution in [2.75, 3.05) is 96.3 Å². The number of carbonyl (C=O) groups excluding carboxylic acids is 4. The van der Waals surface area contributed by atoms with Crippen LogP contribution in [0.4, 0.5) is 8.78 Å². The lowest BCUT2D eigenvalue weighted by atomic mass is 9.83. The van der Waals surface area contributed by atoms with Gasteiger partial charge in [0.05, 0.1) is 64.6 Å². The zero-order chi connectivity index (χ0) is 56.8. The predicted octanol–water partition coefficient (Wildman–Crippen LogP) is 3.51. The minimum atomic E-state index is -1.29. The lowest BCUT2D eigenvalue weighted by Crippen LogP contribution is -2.45. The molecule has 0 aliphatic rings. The number of benzene rings is 2. The molecule has 0 saturated heterocycles. The first-order valence-electron chi connectivity index (χ1n) is 25.2. The number of nitrogens with one attached hydrogen (secondary N) is 3. The van der Waals surface area contributed by atoms with Gasteiger partial charge in [-0.15, -0.1) is 23.5 Å². The highest BCUT2D eigenvalue weighted by atomic mass is 32.2. The van der Waals surface area contributed by atoms with Crippen LogP contribution >= 0.6 is 23.5 Å². The number of aromatic nitrogens is 1. The average Bonchev–Trinajstić information content (AvgIpc) is 3.78. The smallest absolute Gasteiger partial charge is 0.327 e. The Morgan fingerprint density at radius 1 is 0.766 bits per heavy atom. The van der Waals surface area contributed by atoms with Crippen LogP contribution in [-0.2, 0) is 59.1 Å². The van der Waals surface area contributed by atoms with Gasteiger partial charge in [0.15, 0.2) is 0 Å². The van der Waals surface area contributed by atoms with Crippen molar-refractivity contribution < 1.29 is 76.6 Å². The van der Waals surface area contributed by atoms with Gasteiger partial charge >= 0.3 is 17.9 Å². The molecule has 0 bridgehead atoms. The Bertz CT molecular complexity index is 2330. The number of ether oxygens (including phenoxy) is 4. The zero-order valence-corrected chi connectivity index (χ0v) is 45.5. The fourth-order valence-electron chi connectivity index (χ4n) is 7.57. The van der Waals surface area contributed by atoms with E-state index in [0.29, 0.717) is 30.8 Å². The molecule has 4 atom stereocenters. The van der Waals surface area contributed by atoms with Crippen LogP contribution in [0.15, 0.2) is 60.8 Å². The molecule has 3 rings (SSSR count). The molecule has 77 heavy (non-hydrogen) atoms. The van der Waals surface area contributed by atoms with Gasteiger partial charge in [-0.3, -0.25) is 28.8 Å². The van der Waals surface area contributed by atoms with Crippen LogP contribution in [0.5, 0.6) is 0 Å². The van der Waals surface area contributed by atoms with Gasteiger partial charge in [0.25, 0.3) is 0 Å². The molecule has 21 nitrogen and oxygen atoms in total. The topological polar surface area (TPSA) is 313 Å². The minimum absolute atomic E-state index is 0.00353. The zero-order valence-electron chi connectivity index (χ0n) is 43.9. The van der Waals surface area contributed by atoms with E-state index in [2.05, 4.69) is 16.0 Å². The van der Waals surface area contributed by atoms with Crippen LogP contribution in [0.1, 0.15) is 70.2 Å². The summed E-state index contributed by atoms with van der Waals surface area (Å²) in [6.07, 6.45) is 1.78. The number of hydrogen-bond acceptors (Lipinski definition) is 15. The lowest BCUT2D eigenvalue weighted by Gasteiger charge is -2.41. The van der Waals surface area contributed by atoms with E-state index in [1.165, 1.54) is 0 Å². The first-order chi connectivity index (χ1) is 36.7. The van der Waals surface area contributed by atoms with Crippen LogP contribution in [-0.4, -0.2) is 180 Å². The first kappa shape index (κ1) is 65.6. The van der Waals surface area contributed by atoms with E-state index in [0.717, 1.165) is 47.3 Å². The van der Waals surface area contributed by atoms with Crippen LogP contribution in [0, 0.1) is 17.0 Å². The van der Waals surface area contributed by atoms with E-state index >= 15 is 4.39 Å².